The lowest BCUT2D eigenvalue weighted by Gasteiger charge is -2.44. The number of rotatable bonds is 5. The Bertz CT molecular complexity index is 1210. The van der Waals surface area contributed by atoms with Crippen LogP contribution in [0.25, 0.3) is 0 Å². The van der Waals surface area contributed by atoms with Gasteiger partial charge in [-0.15, -0.1) is 0 Å². The molecule has 2 aromatic carbocycles. The summed E-state index contributed by atoms with van der Waals surface area (Å²) in [6.07, 6.45) is -0.632. The second-order valence-corrected chi connectivity index (χ2v) is 13.2. The van der Waals surface area contributed by atoms with Crippen LogP contribution in [0.1, 0.15) is 69.6 Å². The molecule has 37 heavy (non-hydrogen) atoms. The van der Waals surface area contributed by atoms with Crippen LogP contribution in [-0.2, 0) is 34.0 Å². The van der Waals surface area contributed by atoms with Crippen LogP contribution in [0.15, 0.2) is 53.4 Å². The van der Waals surface area contributed by atoms with E-state index in [-0.39, 0.29) is 34.2 Å². The molecule has 1 unspecified atom stereocenters. The summed E-state index contributed by atoms with van der Waals surface area (Å²) in [5.41, 5.74) is 1.55. The zero-order valence-electron chi connectivity index (χ0n) is 21.5. The van der Waals surface area contributed by atoms with E-state index in [0.29, 0.717) is 25.8 Å². The van der Waals surface area contributed by atoms with Gasteiger partial charge in [-0.3, -0.25) is 4.79 Å². The third kappa shape index (κ3) is 6.55. The van der Waals surface area contributed by atoms with Crippen LogP contribution < -0.4 is 4.72 Å². The Balaban J connectivity index is 1.34. The topological polar surface area (TPSA) is 66.5 Å². The van der Waals surface area contributed by atoms with Gasteiger partial charge in [-0.05, 0) is 78.8 Å². The largest absolute Gasteiger partial charge is 0.416 e. The predicted molar refractivity (Wildman–Crippen MR) is 136 cm³/mol. The monoisotopic (exact) mass is 536 g/mol. The van der Waals surface area contributed by atoms with Crippen molar-refractivity contribution < 1.29 is 26.4 Å². The van der Waals surface area contributed by atoms with E-state index in [1.54, 1.807) is 0 Å². The molecule has 0 radical (unpaired) electrons. The van der Waals surface area contributed by atoms with Crippen LogP contribution in [0, 0.1) is 11.3 Å². The maximum absolute atomic E-state index is 13.5. The molecule has 1 fully saturated rings. The molecule has 1 aliphatic heterocycles. The van der Waals surface area contributed by atoms with Crippen LogP contribution in [0.4, 0.5) is 13.2 Å². The number of hydrogen-bond acceptors (Lipinski definition) is 3. The molecule has 1 N–H and O–H groups in total. The van der Waals surface area contributed by atoms with Gasteiger partial charge in [-0.25, -0.2) is 13.1 Å². The number of carbonyl (C=O) groups is 1. The Hall–Kier alpha value is -2.39. The molecule has 1 saturated carbocycles. The molecule has 1 aliphatic carbocycles. The predicted octanol–water partition coefficient (Wildman–Crippen LogP) is 5.93. The van der Waals surface area contributed by atoms with E-state index in [1.165, 1.54) is 11.1 Å². The van der Waals surface area contributed by atoms with E-state index < -0.39 is 21.8 Å². The number of nitrogens with zero attached hydrogens (tertiary/aromatic N) is 1. The van der Waals surface area contributed by atoms with Crippen LogP contribution in [-0.4, -0.2) is 31.3 Å². The lowest BCUT2D eigenvalue weighted by atomic mass is 9.78. The molecule has 5 nitrogen and oxygen atoms in total. The highest BCUT2D eigenvalue weighted by molar-refractivity contribution is 7.89. The first-order chi connectivity index (χ1) is 17.2. The van der Waals surface area contributed by atoms with Crippen molar-refractivity contribution in [2.24, 2.45) is 11.3 Å². The molecule has 0 bridgehead atoms. The minimum Gasteiger partial charge on any atom is -0.335 e. The zero-order chi connectivity index (χ0) is 27.0. The fourth-order valence-corrected chi connectivity index (χ4v) is 6.82. The van der Waals surface area contributed by atoms with E-state index in [9.17, 15) is 26.4 Å². The van der Waals surface area contributed by atoms with E-state index in [4.69, 9.17) is 0 Å². The third-order valence-corrected chi connectivity index (χ3v) is 9.23. The van der Waals surface area contributed by atoms with Gasteiger partial charge in [-0.2, -0.15) is 13.2 Å². The number of hydrogen-bond donors (Lipinski definition) is 1. The first kappa shape index (κ1) is 27.6. The summed E-state index contributed by atoms with van der Waals surface area (Å²) >= 11 is 0. The highest BCUT2D eigenvalue weighted by Gasteiger charge is 2.38. The van der Waals surface area contributed by atoms with Crippen molar-refractivity contribution in [2.45, 2.75) is 89.0 Å². The van der Waals surface area contributed by atoms with E-state index in [0.717, 1.165) is 43.5 Å². The van der Waals surface area contributed by atoms with Gasteiger partial charge in [-0.1, -0.05) is 45.0 Å². The lowest BCUT2D eigenvalue weighted by molar-refractivity contribution is -0.139. The van der Waals surface area contributed by atoms with E-state index in [2.05, 4.69) is 37.6 Å². The molecule has 0 saturated heterocycles. The first-order valence-electron chi connectivity index (χ1n) is 12.8. The summed E-state index contributed by atoms with van der Waals surface area (Å²) in [5, 5.41) is 0. The number of amides is 1. The second-order valence-electron chi connectivity index (χ2n) is 11.4. The summed E-state index contributed by atoms with van der Waals surface area (Å²) in [5.74, 6) is 0.320. The fourth-order valence-electron chi connectivity index (χ4n) is 5.52. The third-order valence-electron chi connectivity index (χ3n) is 7.69. The first-order valence-corrected chi connectivity index (χ1v) is 14.3. The number of benzene rings is 2. The molecule has 202 valence electrons. The van der Waals surface area contributed by atoms with E-state index in [1.807, 2.05) is 17.0 Å². The van der Waals surface area contributed by atoms with Crippen molar-refractivity contribution >= 4 is 15.9 Å². The van der Waals surface area contributed by atoms with Gasteiger partial charge in [0.1, 0.15) is 0 Å². The molecular weight excluding hydrogens is 501 g/mol. The SMILES string of the molecule is CC(C)(C)C1Cc2ccccc2CN1C(=O)CC1CCC(NS(=O)(=O)c2ccc(C(F)(F)F)cc2)CC1. The quantitative estimate of drug-likeness (QED) is 0.515. The minimum atomic E-state index is -4.52. The second kappa shape index (κ2) is 10.4. The molecule has 0 aromatic heterocycles. The molecule has 1 amide bonds. The summed E-state index contributed by atoms with van der Waals surface area (Å²) in [6.45, 7) is 7.11. The maximum Gasteiger partial charge on any atom is 0.416 e. The van der Waals surface area contributed by atoms with Crippen molar-refractivity contribution in [2.75, 3.05) is 0 Å². The molecule has 9 heteroatoms. The lowest BCUT2D eigenvalue weighted by Crippen LogP contribution is -2.51. The number of sulfonamides is 1. The molecule has 1 atom stereocenters. The normalized spacial score (nSPS) is 23.0. The zero-order valence-corrected chi connectivity index (χ0v) is 22.3. The van der Waals surface area contributed by atoms with Crippen LogP contribution in [0.3, 0.4) is 0 Å². The fraction of sp³-hybridized carbons (Fsp3) is 0.536. The summed E-state index contributed by atoms with van der Waals surface area (Å²) in [7, 11) is -3.92. The van der Waals surface area contributed by atoms with Crippen molar-refractivity contribution in [3.8, 4) is 0 Å². The van der Waals surface area contributed by atoms with Crippen LogP contribution in [0.5, 0.6) is 0 Å². The number of fused-ring (bicyclic) bond motifs is 1. The number of carbonyl (C=O) groups excluding carboxylic acids is 1. The number of nitrogens with one attached hydrogen (secondary N) is 1. The Labute approximate surface area is 217 Å². The van der Waals surface area contributed by atoms with E-state index >= 15 is 0 Å². The Morgan fingerprint density at radius 1 is 0.946 bits per heavy atom. The maximum atomic E-state index is 13.5. The molecule has 4 rings (SSSR count). The van der Waals surface area contributed by atoms with Crippen LogP contribution in [0.2, 0.25) is 0 Å². The van der Waals surface area contributed by atoms with Crippen molar-refractivity contribution in [1.29, 1.82) is 0 Å². The van der Waals surface area contributed by atoms with Crippen LogP contribution >= 0.6 is 0 Å². The van der Waals surface area contributed by atoms with Gasteiger partial charge in [0.15, 0.2) is 0 Å². The Morgan fingerprint density at radius 3 is 2.11 bits per heavy atom. The highest BCUT2D eigenvalue weighted by Crippen LogP contribution is 2.36. The minimum absolute atomic E-state index is 0.0581. The molecule has 1 heterocycles. The summed E-state index contributed by atoms with van der Waals surface area (Å²) in [4.78, 5) is 15.3. The molecule has 0 spiro atoms. The standard InChI is InChI=1S/C28H35F3N2O3S/c1-27(2,3)25-17-20-6-4-5-7-21(20)18-33(25)26(34)16-19-8-12-23(13-9-19)32-37(35,36)24-14-10-22(11-15-24)28(29,30)31/h4-7,10-11,14-15,19,23,25,32H,8-9,12-13,16-18H2,1-3H3. The summed E-state index contributed by atoms with van der Waals surface area (Å²) < 4.78 is 66.4. The average molecular weight is 537 g/mol. The highest BCUT2D eigenvalue weighted by atomic mass is 32.2. The average Bonchev–Trinajstić information content (AvgIpc) is 2.83. The molecular formula is C28H35F3N2O3S. The van der Waals surface area contributed by atoms with Crippen molar-refractivity contribution in [3.05, 3.63) is 65.2 Å². The number of alkyl halides is 3. The molecule has 2 aliphatic rings. The van der Waals surface area contributed by atoms with Gasteiger partial charge < -0.3 is 4.90 Å². The van der Waals surface area contributed by atoms with Crippen molar-refractivity contribution in [3.63, 3.8) is 0 Å². The molecule has 2 aromatic rings. The Morgan fingerprint density at radius 2 is 1.54 bits per heavy atom. The van der Waals surface area contributed by atoms with Gasteiger partial charge in [0.05, 0.1) is 10.5 Å². The van der Waals surface area contributed by atoms with Gasteiger partial charge in [0.25, 0.3) is 0 Å². The summed E-state index contributed by atoms with van der Waals surface area (Å²) in [6, 6.07) is 11.6. The van der Waals surface area contributed by atoms with Crippen molar-refractivity contribution in [1.82, 2.24) is 9.62 Å². The smallest absolute Gasteiger partial charge is 0.335 e. The number of halogens is 3. The van der Waals surface area contributed by atoms with Gasteiger partial charge >= 0.3 is 6.18 Å². The van der Waals surface area contributed by atoms with Gasteiger partial charge in [0.2, 0.25) is 15.9 Å². The Kier molecular flexibility index (Phi) is 7.77. The van der Waals surface area contributed by atoms with Gasteiger partial charge in [0, 0.05) is 25.0 Å².